The average Bonchev–Trinajstić information content (AvgIpc) is 2.71. The van der Waals surface area contributed by atoms with E-state index in [1.54, 1.807) is 18.2 Å². The van der Waals surface area contributed by atoms with Gasteiger partial charge in [0.1, 0.15) is 15.9 Å². The predicted molar refractivity (Wildman–Crippen MR) is 133 cm³/mol. The molecule has 3 rings (SSSR count). The summed E-state index contributed by atoms with van der Waals surface area (Å²) in [6.45, 7) is -3.09. The van der Waals surface area contributed by atoms with Gasteiger partial charge in [0.15, 0.2) is 6.46 Å². The van der Waals surface area contributed by atoms with Gasteiger partial charge in [0.2, 0.25) is 0 Å². The van der Waals surface area contributed by atoms with Crippen molar-refractivity contribution in [2.45, 2.75) is 14.7 Å². The van der Waals surface area contributed by atoms with Crippen molar-refractivity contribution in [3.63, 3.8) is 0 Å². The lowest BCUT2D eigenvalue weighted by Crippen LogP contribution is -2.28. The highest BCUT2D eigenvalue weighted by molar-refractivity contribution is 8.61. The summed E-state index contributed by atoms with van der Waals surface area (Å²) in [5.74, 6) is 0. The van der Waals surface area contributed by atoms with E-state index in [0.717, 1.165) is 0 Å². The number of halogens is 3. The molecule has 0 spiro atoms. The van der Waals surface area contributed by atoms with E-state index in [4.69, 9.17) is 44.3 Å². The van der Waals surface area contributed by atoms with Crippen LogP contribution in [0.1, 0.15) is 0 Å². The van der Waals surface area contributed by atoms with Gasteiger partial charge in [-0.1, -0.05) is 18.2 Å². The van der Waals surface area contributed by atoms with Crippen LogP contribution in [0.3, 0.4) is 0 Å². The van der Waals surface area contributed by atoms with Crippen LogP contribution in [0, 0.1) is 0 Å². The van der Waals surface area contributed by atoms with Crippen molar-refractivity contribution in [1.29, 1.82) is 0 Å². The van der Waals surface area contributed by atoms with Crippen LogP contribution in [0.25, 0.3) is 0 Å². The Morgan fingerprint density at radius 3 is 1.00 bits per heavy atom. The quantitative estimate of drug-likeness (QED) is 0.267. The third-order valence-electron chi connectivity index (χ3n) is 4.42. The van der Waals surface area contributed by atoms with Gasteiger partial charge in [-0.25, -0.2) is 25.3 Å². The van der Waals surface area contributed by atoms with Gasteiger partial charge in [-0.15, -0.1) is 0 Å². The largest absolute Gasteiger partial charge is 0.261 e. The fourth-order valence-electron chi connectivity index (χ4n) is 2.96. The van der Waals surface area contributed by atoms with Crippen LogP contribution < -0.4 is 15.9 Å². The third-order valence-corrected chi connectivity index (χ3v) is 13.6. The Kier molecular flexibility index (Phi) is 7.31. The summed E-state index contributed by atoms with van der Waals surface area (Å²) in [7, 11) is 4.25. The molecule has 32 heavy (non-hydrogen) atoms. The molecule has 0 amide bonds. The Balaban J connectivity index is 2.41. The van der Waals surface area contributed by atoms with Crippen molar-refractivity contribution in [1.82, 2.24) is 0 Å². The van der Waals surface area contributed by atoms with E-state index < -0.39 is 33.6 Å². The molecule has 0 fully saturated rings. The van der Waals surface area contributed by atoms with Crippen LogP contribution in [0.5, 0.6) is 0 Å². The second-order valence-electron chi connectivity index (χ2n) is 6.44. The molecule has 0 aromatic heterocycles. The highest BCUT2D eigenvalue weighted by atomic mass is 35.7. The van der Waals surface area contributed by atoms with Crippen molar-refractivity contribution >= 4 is 93.8 Å². The Bertz CT molecular complexity index is 1340. The molecule has 6 nitrogen and oxygen atoms in total. The highest BCUT2D eigenvalue weighted by Crippen LogP contribution is 2.60. The molecule has 0 aliphatic rings. The number of thiol groups is 1. The number of benzene rings is 3. The highest BCUT2D eigenvalue weighted by Gasteiger charge is 2.44. The molecule has 0 aliphatic heterocycles. The zero-order valence-corrected chi connectivity index (χ0v) is 22.1. The van der Waals surface area contributed by atoms with E-state index in [1.807, 2.05) is 0 Å². The van der Waals surface area contributed by atoms with Gasteiger partial charge >= 0.3 is 0 Å². The standard InChI is InChI=1S/C18H13Cl3O6PS4/c19-30(22,23)16-7-1-4-13(10-16)28(29,14-5-2-8-17(11-14)31(20,24)25)15-6-3-9-18(12-15)32(21,26)27/h1-12,29H/q+1. The van der Waals surface area contributed by atoms with Gasteiger partial charge in [-0.05, 0) is 36.4 Å². The smallest absolute Gasteiger partial charge is 0.207 e. The second kappa shape index (κ2) is 9.07. The Morgan fingerprint density at radius 1 is 0.531 bits per heavy atom. The molecule has 0 radical (unpaired) electrons. The minimum absolute atomic E-state index is 0.197. The zero-order valence-electron chi connectivity index (χ0n) is 15.6. The first kappa shape index (κ1) is 25.8. The van der Waals surface area contributed by atoms with E-state index in [9.17, 15) is 25.3 Å². The van der Waals surface area contributed by atoms with Crippen LogP contribution in [-0.4, -0.2) is 25.3 Å². The lowest BCUT2D eigenvalue weighted by Gasteiger charge is -2.22. The van der Waals surface area contributed by atoms with E-state index in [0.29, 0.717) is 15.9 Å². The molecule has 0 heterocycles. The van der Waals surface area contributed by atoms with Gasteiger partial charge in [0.05, 0.1) is 14.7 Å². The van der Waals surface area contributed by atoms with Crippen molar-refractivity contribution in [3.8, 4) is 0 Å². The van der Waals surface area contributed by atoms with Crippen molar-refractivity contribution in [2.24, 2.45) is 0 Å². The van der Waals surface area contributed by atoms with E-state index >= 15 is 0 Å². The van der Waals surface area contributed by atoms with E-state index in [-0.39, 0.29) is 14.7 Å². The topological polar surface area (TPSA) is 102 Å². The monoisotopic (exact) mass is 589 g/mol. The maximum absolute atomic E-state index is 11.9. The van der Waals surface area contributed by atoms with Crippen LogP contribution >= 0.6 is 50.8 Å². The van der Waals surface area contributed by atoms with E-state index in [2.05, 4.69) is 0 Å². The molecular weight excluding hydrogens is 578 g/mol. The van der Waals surface area contributed by atoms with Crippen LogP contribution in [0.15, 0.2) is 87.5 Å². The molecule has 14 heteroatoms. The third kappa shape index (κ3) is 5.45. The fraction of sp³-hybridized carbons (Fsp3) is 0. The normalized spacial score (nSPS) is 13.1. The molecule has 3 aromatic carbocycles. The summed E-state index contributed by atoms with van der Waals surface area (Å²) in [6, 6.07) is 17.0. The zero-order chi connectivity index (χ0) is 23.9. The first-order valence-electron chi connectivity index (χ1n) is 8.41. The fourth-order valence-corrected chi connectivity index (χ4v) is 9.51. The van der Waals surface area contributed by atoms with Crippen molar-refractivity contribution < 1.29 is 25.3 Å². The Hall–Kier alpha value is -0.840. The van der Waals surface area contributed by atoms with Crippen LogP contribution in [-0.2, 0) is 27.2 Å². The predicted octanol–water partition coefficient (Wildman–Crippen LogP) is 3.61. The first-order chi connectivity index (χ1) is 14.6. The van der Waals surface area contributed by atoms with Gasteiger partial charge in [-0.2, -0.15) is 0 Å². The molecule has 0 saturated heterocycles. The first-order valence-corrected chi connectivity index (χ1v) is 18.3. The summed E-state index contributed by atoms with van der Waals surface area (Å²) in [6.07, 6.45) is 0. The average molecular weight is 591 g/mol. The minimum atomic E-state index is -4.09. The molecular formula is C18H13Cl3O6PS4+. The summed E-state index contributed by atoms with van der Waals surface area (Å²) in [5.41, 5.74) is 0. The van der Waals surface area contributed by atoms with Gasteiger partial charge in [0.25, 0.3) is 27.2 Å². The number of rotatable bonds is 6. The van der Waals surface area contributed by atoms with Crippen molar-refractivity contribution in [2.75, 3.05) is 0 Å². The Labute approximate surface area is 205 Å². The SMILES string of the molecule is O=S(=O)(Cl)c1cccc([P+](S)(c2cccc(S(=O)(=O)Cl)c2)c2cccc(S(=O)(=O)Cl)c2)c1. The molecule has 0 saturated carbocycles. The molecule has 0 N–H and O–H groups in total. The summed E-state index contributed by atoms with van der Waals surface area (Å²) in [4.78, 5) is -0.591. The Morgan fingerprint density at radius 2 is 0.781 bits per heavy atom. The molecule has 170 valence electrons. The van der Waals surface area contributed by atoms with Crippen molar-refractivity contribution in [3.05, 3.63) is 72.8 Å². The second-order valence-corrected chi connectivity index (χ2v) is 18.8. The molecule has 0 unspecified atom stereocenters. The maximum atomic E-state index is 11.9. The number of hydrogen-bond donors (Lipinski definition) is 1. The van der Waals surface area contributed by atoms with E-state index in [1.165, 1.54) is 54.6 Å². The summed E-state index contributed by atoms with van der Waals surface area (Å²) in [5, 5.41) is 1.15. The van der Waals surface area contributed by atoms with Gasteiger partial charge in [-0.3, -0.25) is 0 Å². The molecule has 0 bridgehead atoms. The van der Waals surface area contributed by atoms with Gasteiger partial charge < -0.3 is 0 Å². The lowest BCUT2D eigenvalue weighted by molar-refractivity contribution is 0.608. The number of hydrogen-bond acceptors (Lipinski definition) is 7. The molecule has 3 aromatic rings. The minimum Gasteiger partial charge on any atom is -0.207 e. The molecule has 0 atom stereocenters. The summed E-state index contributed by atoms with van der Waals surface area (Å²) < 4.78 is 71.5. The lowest BCUT2D eigenvalue weighted by atomic mass is 10.3. The maximum Gasteiger partial charge on any atom is 0.261 e. The summed E-state index contributed by atoms with van der Waals surface area (Å²) >= 11 is 4.91. The van der Waals surface area contributed by atoms with Crippen LogP contribution in [0.2, 0.25) is 0 Å². The molecule has 0 aliphatic carbocycles. The van der Waals surface area contributed by atoms with Gasteiger partial charge in [0, 0.05) is 62.5 Å². The van der Waals surface area contributed by atoms with Crippen LogP contribution in [0.4, 0.5) is 0 Å².